The van der Waals surface area contributed by atoms with E-state index in [1.54, 1.807) is 36.8 Å². The minimum absolute atomic E-state index is 0.325. The van der Waals surface area contributed by atoms with E-state index < -0.39 is 0 Å². The zero-order valence-electron chi connectivity index (χ0n) is 13.2. The van der Waals surface area contributed by atoms with Gasteiger partial charge in [-0.15, -0.1) is 11.3 Å². The summed E-state index contributed by atoms with van der Waals surface area (Å²) in [6, 6.07) is 5.45. The van der Waals surface area contributed by atoms with E-state index in [0.717, 1.165) is 10.6 Å². The maximum atomic E-state index is 12.1. The number of aromatic nitrogens is 1. The van der Waals surface area contributed by atoms with E-state index in [9.17, 15) is 4.79 Å². The third-order valence-corrected chi connectivity index (χ3v) is 4.44. The predicted octanol–water partition coefficient (Wildman–Crippen LogP) is 4.26. The normalized spacial score (nSPS) is 10.9. The van der Waals surface area contributed by atoms with E-state index in [-0.39, 0.29) is 5.97 Å². The van der Waals surface area contributed by atoms with Gasteiger partial charge in [-0.1, -0.05) is 0 Å². The summed E-state index contributed by atoms with van der Waals surface area (Å²) in [7, 11) is 0. The average molecular weight is 331 g/mol. The monoisotopic (exact) mass is 331 g/mol. The number of hydrogen-bond acceptors (Lipinski definition) is 6. The van der Waals surface area contributed by atoms with Crippen molar-refractivity contribution in [1.82, 2.24) is 4.98 Å². The Morgan fingerprint density at radius 3 is 2.87 bits per heavy atom. The highest BCUT2D eigenvalue weighted by Crippen LogP contribution is 2.30. The Morgan fingerprint density at radius 1 is 1.35 bits per heavy atom. The number of carbonyl (C=O) groups is 1. The molecular formula is C17H17NO4S. The molecule has 0 saturated heterocycles. The molecule has 0 spiro atoms. The summed E-state index contributed by atoms with van der Waals surface area (Å²) in [4.78, 5) is 17.4. The number of hydrogen-bond donors (Lipinski definition) is 0. The van der Waals surface area contributed by atoms with E-state index in [0.29, 0.717) is 41.3 Å². The average Bonchev–Trinajstić information content (AvgIpc) is 3.07. The quantitative estimate of drug-likeness (QED) is 0.654. The SMILES string of the molecule is CCOC(=O)c1c(C)oc2ccc(OCc3scnc3C)cc12. The van der Waals surface area contributed by atoms with Gasteiger partial charge in [0.2, 0.25) is 0 Å². The summed E-state index contributed by atoms with van der Waals surface area (Å²) in [5.74, 6) is 0.852. The van der Waals surface area contributed by atoms with Crippen LogP contribution in [0.2, 0.25) is 0 Å². The highest BCUT2D eigenvalue weighted by Gasteiger charge is 2.19. The van der Waals surface area contributed by atoms with Gasteiger partial charge >= 0.3 is 5.97 Å². The lowest BCUT2D eigenvalue weighted by molar-refractivity contribution is 0.0526. The highest BCUT2D eigenvalue weighted by atomic mass is 32.1. The van der Waals surface area contributed by atoms with Gasteiger partial charge in [0, 0.05) is 5.39 Å². The molecule has 0 radical (unpaired) electrons. The van der Waals surface area contributed by atoms with Crippen molar-refractivity contribution in [2.45, 2.75) is 27.4 Å². The van der Waals surface area contributed by atoms with Gasteiger partial charge in [0.1, 0.15) is 29.3 Å². The Kier molecular flexibility index (Phi) is 4.34. The zero-order chi connectivity index (χ0) is 16.4. The molecular weight excluding hydrogens is 314 g/mol. The van der Waals surface area contributed by atoms with Gasteiger partial charge < -0.3 is 13.9 Å². The molecule has 120 valence electrons. The molecule has 0 unspecified atom stereocenters. The molecule has 0 saturated carbocycles. The number of fused-ring (bicyclic) bond motifs is 1. The number of rotatable bonds is 5. The van der Waals surface area contributed by atoms with Crippen LogP contribution in [0.5, 0.6) is 5.75 Å². The van der Waals surface area contributed by atoms with Crippen LogP contribution in [0.15, 0.2) is 28.1 Å². The summed E-state index contributed by atoms with van der Waals surface area (Å²) >= 11 is 1.56. The van der Waals surface area contributed by atoms with Gasteiger partial charge in [-0.05, 0) is 39.0 Å². The molecule has 0 bridgehead atoms. The standard InChI is InChI=1S/C17H17NO4S/c1-4-20-17(19)16-11(3)22-14-6-5-12(7-13(14)16)21-8-15-10(2)18-9-23-15/h5-7,9H,4,8H2,1-3H3. The molecule has 0 aliphatic heterocycles. The van der Waals surface area contributed by atoms with Crippen molar-refractivity contribution < 1.29 is 18.7 Å². The number of nitrogens with zero attached hydrogens (tertiary/aromatic N) is 1. The largest absolute Gasteiger partial charge is 0.488 e. The second-order valence-corrected chi connectivity index (χ2v) is 6.00. The Balaban J connectivity index is 1.89. The predicted molar refractivity (Wildman–Crippen MR) is 88.1 cm³/mol. The van der Waals surface area contributed by atoms with Crippen molar-refractivity contribution in [3.63, 3.8) is 0 Å². The molecule has 2 heterocycles. The van der Waals surface area contributed by atoms with Crippen molar-refractivity contribution in [3.8, 4) is 5.75 Å². The van der Waals surface area contributed by atoms with Crippen molar-refractivity contribution in [2.75, 3.05) is 6.61 Å². The van der Waals surface area contributed by atoms with Crippen LogP contribution in [0.25, 0.3) is 11.0 Å². The lowest BCUT2D eigenvalue weighted by Crippen LogP contribution is -2.05. The molecule has 23 heavy (non-hydrogen) atoms. The fraction of sp³-hybridized carbons (Fsp3) is 0.294. The molecule has 0 amide bonds. The minimum atomic E-state index is -0.376. The molecule has 5 nitrogen and oxygen atoms in total. The molecule has 0 fully saturated rings. The minimum Gasteiger partial charge on any atom is -0.488 e. The first kappa shape index (κ1) is 15.6. The Labute approximate surface area is 137 Å². The Hall–Kier alpha value is -2.34. The number of ether oxygens (including phenoxy) is 2. The highest BCUT2D eigenvalue weighted by molar-refractivity contribution is 7.09. The molecule has 1 aromatic carbocycles. The first-order valence-electron chi connectivity index (χ1n) is 7.32. The van der Waals surface area contributed by atoms with Crippen LogP contribution in [-0.2, 0) is 11.3 Å². The molecule has 6 heteroatoms. The maximum Gasteiger partial charge on any atom is 0.342 e. The van der Waals surface area contributed by atoms with Crippen LogP contribution >= 0.6 is 11.3 Å². The van der Waals surface area contributed by atoms with Crippen molar-refractivity contribution >= 4 is 28.3 Å². The Bertz CT molecular complexity index is 850. The van der Waals surface area contributed by atoms with E-state index in [4.69, 9.17) is 13.9 Å². The molecule has 0 N–H and O–H groups in total. The topological polar surface area (TPSA) is 61.6 Å². The number of furan rings is 1. The van der Waals surface area contributed by atoms with Crippen molar-refractivity contribution in [2.24, 2.45) is 0 Å². The number of esters is 1. The Morgan fingerprint density at radius 2 is 2.17 bits per heavy atom. The summed E-state index contributed by atoms with van der Waals surface area (Å²) in [6.45, 7) is 6.27. The van der Waals surface area contributed by atoms with Gasteiger partial charge in [-0.25, -0.2) is 9.78 Å². The summed E-state index contributed by atoms with van der Waals surface area (Å²) in [6.07, 6.45) is 0. The van der Waals surface area contributed by atoms with E-state index in [1.165, 1.54) is 0 Å². The van der Waals surface area contributed by atoms with Gasteiger partial charge in [0.05, 0.1) is 22.7 Å². The maximum absolute atomic E-state index is 12.1. The molecule has 3 aromatic rings. The first-order chi connectivity index (χ1) is 11.1. The lowest BCUT2D eigenvalue weighted by atomic mass is 10.1. The lowest BCUT2D eigenvalue weighted by Gasteiger charge is -2.05. The smallest absolute Gasteiger partial charge is 0.342 e. The van der Waals surface area contributed by atoms with Crippen molar-refractivity contribution in [1.29, 1.82) is 0 Å². The number of carbonyl (C=O) groups excluding carboxylic acids is 1. The molecule has 0 atom stereocenters. The summed E-state index contributed by atoms with van der Waals surface area (Å²) in [5, 5.41) is 0.708. The zero-order valence-corrected chi connectivity index (χ0v) is 14.0. The van der Waals surface area contributed by atoms with E-state index >= 15 is 0 Å². The fourth-order valence-electron chi connectivity index (χ4n) is 2.36. The number of thiazole rings is 1. The van der Waals surface area contributed by atoms with Gasteiger partial charge in [0.25, 0.3) is 0 Å². The number of aryl methyl sites for hydroxylation is 2. The van der Waals surface area contributed by atoms with Crippen LogP contribution in [0.4, 0.5) is 0 Å². The van der Waals surface area contributed by atoms with E-state index in [1.807, 2.05) is 19.1 Å². The van der Waals surface area contributed by atoms with Crippen LogP contribution in [0.3, 0.4) is 0 Å². The van der Waals surface area contributed by atoms with E-state index in [2.05, 4.69) is 4.98 Å². The van der Waals surface area contributed by atoms with Gasteiger partial charge in [-0.3, -0.25) is 0 Å². The van der Waals surface area contributed by atoms with Crippen LogP contribution in [-0.4, -0.2) is 17.6 Å². The first-order valence-corrected chi connectivity index (χ1v) is 8.20. The number of benzene rings is 1. The third-order valence-electron chi connectivity index (χ3n) is 3.53. The second kappa shape index (κ2) is 6.42. The van der Waals surface area contributed by atoms with Crippen LogP contribution in [0.1, 0.15) is 33.6 Å². The fourth-order valence-corrected chi connectivity index (χ4v) is 3.05. The van der Waals surface area contributed by atoms with Gasteiger partial charge in [0.15, 0.2) is 0 Å². The van der Waals surface area contributed by atoms with Crippen LogP contribution < -0.4 is 4.74 Å². The van der Waals surface area contributed by atoms with Crippen LogP contribution in [0, 0.1) is 13.8 Å². The summed E-state index contributed by atoms with van der Waals surface area (Å²) in [5.41, 5.74) is 3.88. The molecule has 0 aliphatic rings. The molecule has 3 rings (SSSR count). The summed E-state index contributed by atoms with van der Waals surface area (Å²) < 4.78 is 16.5. The molecule has 0 aliphatic carbocycles. The molecule has 2 aromatic heterocycles. The van der Waals surface area contributed by atoms with Gasteiger partial charge in [-0.2, -0.15) is 0 Å². The van der Waals surface area contributed by atoms with Crippen molar-refractivity contribution in [3.05, 3.63) is 45.6 Å². The third kappa shape index (κ3) is 3.07. The second-order valence-electron chi connectivity index (χ2n) is 5.06.